The second kappa shape index (κ2) is 5.36. The Morgan fingerprint density at radius 1 is 1.00 bits per heavy atom. The highest BCUT2D eigenvalue weighted by molar-refractivity contribution is 5.72. The molecule has 1 aliphatic rings. The molecule has 0 atom stereocenters. The van der Waals surface area contributed by atoms with Gasteiger partial charge in [-0.1, -0.05) is 48.6 Å². The minimum atomic E-state index is -4.63. The third-order valence-electron chi connectivity index (χ3n) is 3.51. The molecule has 2 aromatic carbocycles. The average molecular weight is 313 g/mol. The highest BCUT2D eigenvalue weighted by Gasteiger charge is 2.65. The van der Waals surface area contributed by atoms with E-state index < -0.39 is 11.8 Å². The number of hydrogen-bond donors (Lipinski definition) is 0. The van der Waals surface area contributed by atoms with Crippen LogP contribution < -0.4 is 0 Å². The Bertz CT molecular complexity index is 824. The molecule has 3 nitrogen and oxygen atoms in total. The van der Waals surface area contributed by atoms with Gasteiger partial charge in [-0.25, -0.2) is 0 Å². The molecule has 0 saturated carbocycles. The summed E-state index contributed by atoms with van der Waals surface area (Å²) in [5, 5.41) is 15.4. The van der Waals surface area contributed by atoms with Crippen LogP contribution in [0, 0.1) is 11.3 Å². The summed E-state index contributed by atoms with van der Waals surface area (Å²) < 4.78 is 39.8. The Hall–Kier alpha value is -2.94. The van der Waals surface area contributed by atoms with Gasteiger partial charge in [-0.2, -0.15) is 18.4 Å². The van der Waals surface area contributed by atoms with Crippen LogP contribution in [0.15, 0.2) is 58.8 Å². The van der Waals surface area contributed by atoms with Crippen LogP contribution in [0.25, 0.3) is 12.2 Å². The zero-order chi connectivity index (χ0) is 16.5. The topological polar surface area (TPSA) is 48.5 Å². The number of alkyl halides is 3. The summed E-state index contributed by atoms with van der Waals surface area (Å²) in [5.41, 5.74) is -1.35. The molecule has 0 spiro atoms. The van der Waals surface area contributed by atoms with Crippen molar-refractivity contribution in [3.05, 3.63) is 70.8 Å². The number of rotatable bonds is 3. The number of halogens is 3. The molecule has 1 aliphatic heterocycles. The summed E-state index contributed by atoms with van der Waals surface area (Å²) in [6.07, 6.45) is -1.35. The van der Waals surface area contributed by atoms with Crippen LogP contribution in [-0.4, -0.2) is 6.18 Å². The first kappa shape index (κ1) is 15.0. The molecule has 2 aromatic rings. The van der Waals surface area contributed by atoms with E-state index in [4.69, 9.17) is 5.26 Å². The van der Waals surface area contributed by atoms with Crippen molar-refractivity contribution in [3.8, 4) is 6.07 Å². The van der Waals surface area contributed by atoms with Crippen LogP contribution in [-0.2, 0) is 5.66 Å². The predicted molar refractivity (Wildman–Crippen MR) is 79.1 cm³/mol. The SMILES string of the molecule is N#Cc1ccc(C=Cc2ccccc2)c(C2(C(F)(F)F)N=N2)c1. The van der Waals surface area contributed by atoms with Crippen LogP contribution >= 0.6 is 0 Å². The molecular weight excluding hydrogens is 303 g/mol. The zero-order valence-corrected chi connectivity index (χ0v) is 11.7. The maximum Gasteiger partial charge on any atom is 0.442 e. The third kappa shape index (κ3) is 2.73. The molecule has 23 heavy (non-hydrogen) atoms. The first-order valence-electron chi connectivity index (χ1n) is 6.75. The lowest BCUT2D eigenvalue weighted by molar-refractivity contribution is -0.166. The largest absolute Gasteiger partial charge is 0.442 e. The summed E-state index contributed by atoms with van der Waals surface area (Å²) in [6, 6.07) is 15.2. The lowest BCUT2D eigenvalue weighted by Crippen LogP contribution is -2.31. The molecule has 0 saturated heterocycles. The van der Waals surface area contributed by atoms with Gasteiger partial charge in [0, 0.05) is 5.56 Å². The highest BCUT2D eigenvalue weighted by Crippen LogP contribution is 2.53. The van der Waals surface area contributed by atoms with Crippen LogP contribution in [0.4, 0.5) is 13.2 Å². The first-order chi connectivity index (χ1) is 11.0. The molecule has 0 fully saturated rings. The van der Waals surface area contributed by atoms with E-state index in [2.05, 4.69) is 10.2 Å². The second-order valence-corrected chi connectivity index (χ2v) is 5.03. The molecular formula is C17H10F3N3. The molecule has 0 radical (unpaired) electrons. The van der Waals surface area contributed by atoms with Crippen molar-refractivity contribution in [1.29, 1.82) is 5.26 Å². The molecule has 0 aliphatic carbocycles. The summed E-state index contributed by atoms with van der Waals surface area (Å²) >= 11 is 0. The van der Waals surface area contributed by atoms with Crippen molar-refractivity contribution >= 4 is 12.2 Å². The van der Waals surface area contributed by atoms with Gasteiger partial charge in [-0.3, -0.25) is 0 Å². The third-order valence-corrected chi connectivity index (χ3v) is 3.51. The maximum absolute atomic E-state index is 13.3. The van der Waals surface area contributed by atoms with Gasteiger partial charge in [0.15, 0.2) is 0 Å². The summed E-state index contributed by atoms with van der Waals surface area (Å²) in [5.74, 6) is 0. The van der Waals surface area contributed by atoms with Crippen LogP contribution in [0.5, 0.6) is 0 Å². The van der Waals surface area contributed by atoms with Crippen molar-refractivity contribution in [2.24, 2.45) is 10.2 Å². The maximum atomic E-state index is 13.3. The standard InChI is InChI=1S/C17H10F3N3/c18-17(19,20)16(22-23-16)15-10-13(11-21)7-9-14(15)8-6-12-4-2-1-3-5-12/h1-10H. The number of hydrogen-bond acceptors (Lipinski definition) is 3. The van der Waals surface area contributed by atoms with Crippen LogP contribution in [0.3, 0.4) is 0 Å². The van der Waals surface area contributed by atoms with Gasteiger partial charge in [0.1, 0.15) is 0 Å². The van der Waals surface area contributed by atoms with Crippen molar-refractivity contribution in [1.82, 2.24) is 0 Å². The van der Waals surface area contributed by atoms with E-state index in [1.165, 1.54) is 18.2 Å². The zero-order valence-electron chi connectivity index (χ0n) is 11.7. The van der Waals surface area contributed by atoms with Gasteiger partial charge in [0.2, 0.25) is 0 Å². The van der Waals surface area contributed by atoms with Crippen molar-refractivity contribution in [2.45, 2.75) is 11.8 Å². The smallest absolute Gasteiger partial charge is 0.192 e. The van der Waals surface area contributed by atoms with E-state index in [-0.39, 0.29) is 11.1 Å². The molecule has 114 valence electrons. The minimum absolute atomic E-state index is 0.128. The Balaban J connectivity index is 2.05. The molecule has 0 N–H and O–H groups in total. The number of benzene rings is 2. The monoisotopic (exact) mass is 313 g/mol. The fourth-order valence-corrected chi connectivity index (χ4v) is 2.25. The van der Waals surface area contributed by atoms with Gasteiger partial charge < -0.3 is 0 Å². The fraction of sp³-hybridized carbons (Fsp3) is 0.118. The Kier molecular flexibility index (Phi) is 3.49. The molecule has 0 unspecified atom stereocenters. The first-order valence-corrected chi connectivity index (χ1v) is 6.75. The van der Waals surface area contributed by atoms with Crippen molar-refractivity contribution < 1.29 is 13.2 Å². The van der Waals surface area contributed by atoms with Gasteiger partial charge in [-0.05, 0) is 23.3 Å². The van der Waals surface area contributed by atoms with Gasteiger partial charge >= 0.3 is 11.8 Å². The summed E-state index contributed by atoms with van der Waals surface area (Å²) in [6.45, 7) is 0. The van der Waals surface area contributed by atoms with Crippen LogP contribution in [0.1, 0.15) is 22.3 Å². The predicted octanol–water partition coefficient (Wildman–Crippen LogP) is 4.91. The van der Waals surface area contributed by atoms with Gasteiger partial charge in [0.05, 0.1) is 11.6 Å². The van der Waals surface area contributed by atoms with E-state index in [1.54, 1.807) is 12.2 Å². The van der Waals surface area contributed by atoms with E-state index in [0.717, 1.165) is 5.56 Å². The van der Waals surface area contributed by atoms with E-state index in [1.807, 2.05) is 36.4 Å². The molecule has 6 heteroatoms. The van der Waals surface area contributed by atoms with E-state index >= 15 is 0 Å². The van der Waals surface area contributed by atoms with Crippen LogP contribution in [0.2, 0.25) is 0 Å². The fourth-order valence-electron chi connectivity index (χ4n) is 2.25. The lowest BCUT2D eigenvalue weighted by Gasteiger charge is -2.17. The van der Waals surface area contributed by atoms with Crippen molar-refractivity contribution in [3.63, 3.8) is 0 Å². The average Bonchev–Trinajstić information content (AvgIpc) is 3.35. The Labute approximate surface area is 130 Å². The summed E-state index contributed by atoms with van der Waals surface area (Å²) in [4.78, 5) is 0. The lowest BCUT2D eigenvalue weighted by atomic mass is 9.94. The molecule has 1 heterocycles. The van der Waals surface area contributed by atoms with E-state index in [0.29, 0.717) is 5.56 Å². The van der Waals surface area contributed by atoms with Gasteiger partial charge in [0.25, 0.3) is 0 Å². The highest BCUT2D eigenvalue weighted by atomic mass is 19.4. The van der Waals surface area contributed by atoms with Gasteiger partial charge in [-0.15, -0.1) is 10.2 Å². The normalized spacial score (nSPS) is 15.6. The molecule has 3 rings (SSSR count). The van der Waals surface area contributed by atoms with E-state index in [9.17, 15) is 13.2 Å². The quantitative estimate of drug-likeness (QED) is 0.743. The molecule has 0 aromatic heterocycles. The minimum Gasteiger partial charge on any atom is -0.192 e. The second-order valence-electron chi connectivity index (χ2n) is 5.03. The van der Waals surface area contributed by atoms with Crippen molar-refractivity contribution in [2.75, 3.05) is 0 Å². The summed E-state index contributed by atoms with van der Waals surface area (Å²) in [7, 11) is 0. The Morgan fingerprint density at radius 3 is 2.26 bits per heavy atom. The molecule has 0 amide bonds. The Morgan fingerprint density at radius 2 is 1.70 bits per heavy atom. The number of nitriles is 1. The number of nitrogens with zero attached hydrogens (tertiary/aromatic N) is 3. The molecule has 0 bridgehead atoms.